The van der Waals surface area contributed by atoms with E-state index in [-0.39, 0.29) is 11.9 Å². The average molecular weight is 412 g/mol. The van der Waals surface area contributed by atoms with Crippen molar-refractivity contribution in [3.63, 3.8) is 0 Å². The molecule has 4 heterocycles. The fraction of sp³-hybridized carbons (Fsp3) is 0.333. The fourth-order valence-electron chi connectivity index (χ4n) is 5.04. The molecule has 31 heavy (non-hydrogen) atoms. The maximum Gasteiger partial charge on any atom is 0.275 e. The van der Waals surface area contributed by atoms with E-state index in [0.29, 0.717) is 5.69 Å². The summed E-state index contributed by atoms with van der Waals surface area (Å²) in [7, 11) is 0. The van der Waals surface area contributed by atoms with Crippen LogP contribution >= 0.6 is 0 Å². The van der Waals surface area contributed by atoms with E-state index in [2.05, 4.69) is 22.3 Å². The number of carbonyl (C=O) groups is 1. The van der Waals surface area contributed by atoms with Crippen molar-refractivity contribution >= 4 is 16.9 Å². The fourth-order valence-corrected chi connectivity index (χ4v) is 5.04. The number of benzene rings is 1. The van der Waals surface area contributed by atoms with Gasteiger partial charge < -0.3 is 4.90 Å². The highest BCUT2D eigenvalue weighted by Gasteiger charge is 2.35. The van der Waals surface area contributed by atoms with Crippen molar-refractivity contribution in [3.05, 3.63) is 70.8 Å². The summed E-state index contributed by atoms with van der Waals surface area (Å²) < 4.78 is 1.90. The lowest BCUT2D eigenvalue weighted by Gasteiger charge is -2.24. The average Bonchev–Trinajstić information content (AvgIpc) is 3.57. The third kappa shape index (κ3) is 2.87. The number of aryl methyl sites for hydroxylation is 2. The summed E-state index contributed by atoms with van der Waals surface area (Å²) >= 11 is 0. The molecule has 0 saturated carbocycles. The number of carbonyl (C=O) groups excluding carboxylic acids is 1. The van der Waals surface area contributed by atoms with Crippen molar-refractivity contribution in [2.45, 2.75) is 45.1 Å². The molecule has 1 saturated heterocycles. The molecule has 1 aliphatic heterocycles. The van der Waals surface area contributed by atoms with E-state index < -0.39 is 0 Å². The quantitative estimate of drug-likeness (QED) is 0.553. The second kappa shape index (κ2) is 7.04. The first-order valence-electron chi connectivity index (χ1n) is 11.0. The summed E-state index contributed by atoms with van der Waals surface area (Å²) in [6, 6.07) is 14.2. The number of H-pyrrole nitrogens is 1. The van der Waals surface area contributed by atoms with Crippen LogP contribution in [0.3, 0.4) is 0 Å². The van der Waals surface area contributed by atoms with Crippen molar-refractivity contribution < 1.29 is 4.79 Å². The van der Waals surface area contributed by atoms with E-state index >= 15 is 0 Å². The van der Waals surface area contributed by atoms with Crippen LogP contribution in [-0.4, -0.2) is 42.3 Å². The number of pyridine rings is 1. The Bertz CT molecular complexity index is 1290. The third-order valence-corrected chi connectivity index (χ3v) is 6.60. The number of fused-ring (bicyclic) bond motifs is 2. The first-order valence-corrected chi connectivity index (χ1v) is 11.0. The van der Waals surface area contributed by atoms with Crippen LogP contribution in [0.1, 0.15) is 58.4 Å². The van der Waals surface area contributed by atoms with Crippen molar-refractivity contribution in [2.24, 2.45) is 0 Å². The van der Waals surface area contributed by atoms with Gasteiger partial charge in [-0.15, -0.1) is 0 Å². The number of nitrogens with one attached hydrogen (secondary N) is 1. The van der Waals surface area contributed by atoms with Crippen molar-refractivity contribution in [2.75, 3.05) is 6.54 Å². The standard InChI is InChI=1S/C24H24N6O/c1-15-17-12-13-20(25-23(17)30(28-15)16-7-3-2-4-8-16)21-11-6-14-29(21)24(31)22-18-9-5-10-19(18)26-27-22/h2-4,7-8,12-13,21H,5-6,9-11,14H2,1H3,(H,26,27). The molecule has 1 fully saturated rings. The van der Waals surface area contributed by atoms with E-state index in [9.17, 15) is 4.79 Å². The Morgan fingerprint density at radius 1 is 1.10 bits per heavy atom. The van der Waals surface area contributed by atoms with E-state index in [1.54, 1.807) is 0 Å². The molecule has 2 aliphatic rings. The van der Waals surface area contributed by atoms with Gasteiger partial charge in [0, 0.05) is 23.2 Å². The number of para-hydroxylation sites is 1. The Balaban J connectivity index is 1.39. The zero-order chi connectivity index (χ0) is 20.9. The lowest BCUT2D eigenvalue weighted by Crippen LogP contribution is -2.32. The van der Waals surface area contributed by atoms with E-state index in [4.69, 9.17) is 10.1 Å². The number of rotatable bonds is 3. The summed E-state index contributed by atoms with van der Waals surface area (Å²) in [5.74, 6) is 0.0246. The van der Waals surface area contributed by atoms with Gasteiger partial charge in [-0.1, -0.05) is 18.2 Å². The van der Waals surface area contributed by atoms with Crippen molar-refractivity contribution in [1.29, 1.82) is 0 Å². The molecule has 0 spiro atoms. The minimum atomic E-state index is -0.0370. The van der Waals surface area contributed by atoms with Gasteiger partial charge in [-0.3, -0.25) is 9.89 Å². The van der Waals surface area contributed by atoms with Crippen LogP contribution in [-0.2, 0) is 12.8 Å². The summed E-state index contributed by atoms with van der Waals surface area (Å²) in [4.78, 5) is 20.4. The lowest BCUT2D eigenvalue weighted by atomic mass is 10.1. The molecule has 6 rings (SSSR count). The van der Waals surface area contributed by atoms with Gasteiger partial charge in [-0.05, 0) is 63.3 Å². The largest absolute Gasteiger partial charge is 0.329 e. The van der Waals surface area contributed by atoms with Gasteiger partial charge in [0.05, 0.1) is 23.1 Å². The molecule has 1 unspecified atom stereocenters. The molecule has 1 atom stereocenters. The van der Waals surface area contributed by atoms with E-state index in [1.807, 2.05) is 46.8 Å². The molecular formula is C24H24N6O. The molecule has 1 amide bonds. The van der Waals surface area contributed by atoms with Crippen LogP contribution in [0.5, 0.6) is 0 Å². The Labute approximate surface area is 180 Å². The van der Waals surface area contributed by atoms with Gasteiger partial charge in [0.2, 0.25) is 0 Å². The van der Waals surface area contributed by atoms with E-state index in [0.717, 1.165) is 78.0 Å². The second-order valence-corrected chi connectivity index (χ2v) is 8.48. The molecule has 3 aromatic heterocycles. The summed E-state index contributed by atoms with van der Waals surface area (Å²) in [6.07, 6.45) is 4.90. The number of aromatic amines is 1. The smallest absolute Gasteiger partial charge is 0.275 e. The predicted octanol–water partition coefficient (Wildman–Crippen LogP) is 3.92. The van der Waals surface area contributed by atoms with Crippen LogP contribution in [0.25, 0.3) is 16.7 Å². The zero-order valence-corrected chi connectivity index (χ0v) is 17.5. The monoisotopic (exact) mass is 412 g/mol. The number of amides is 1. The zero-order valence-electron chi connectivity index (χ0n) is 17.5. The first-order chi connectivity index (χ1) is 15.2. The highest BCUT2D eigenvalue weighted by Crippen LogP contribution is 2.35. The minimum absolute atomic E-state index is 0.0246. The molecule has 156 valence electrons. The second-order valence-electron chi connectivity index (χ2n) is 8.48. The van der Waals surface area contributed by atoms with Crippen LogP contribution in [0.4, 0.5) is 0 Å². The SMILES string of the molecule is Cc1nn(-c2ccccc2)c2nc(C3CCCN3C(=O)c3n[nH]c4c3CCC4)ccc12. The van der Waals surface area contributed by atoms with Gasteiger partial charge in [-0.25, -0.2) is 9.67 Å². The predicted molar refractivity (Wildman–Crippen MR) is 117 cm³/mol. The maximum atomic E-state index is 13.4. The van der Waals surface area contributed by atoms with Crippen LogP contribution < -0.4 is 0 Å². The molecule has 0 radical (unpaired) electrons. The van der Waals surface area contributed by atoms with Crippen LogP contribution in [0.2, 0.25) is 0 Å². The minimum Gasteiger partial charge on any atom is -0.329 e. The number of likely N-dealkylation sites (tertiary alicyclic amines) is 1. The molecular weight excluding hydrogens is 388 g/mol. The molecule has 1 aromatic carbocycles. The van der Waals surface area contributed by atoms with Gasteiger partial charge in [0.15, 0.2) is 11.3 Å². The Kier molecular flexibility index (Phi) is 4.16. The van der Waals surface area contributed by atoms with Crippen LogP contribution in [0, 0.1) is 6.92 Å². The number of hydrogen-bond acceptors (Lipinski definition) is 4. The summed E-state index contributed by atoms with van der Waals surface area (Å²) in [6.45, 7) is 2.74. The van der Waals surface area contributed by atoms with Gasteiger partial charge in [0.1, 0.15) is 0 Å². The number of hydrogen-bond donors (Lipinski definition) is 1. The van der Waals surface area contributed by atoms with Gasteiger partial charge in [-0.2, -0.15) is 10.2 Å². The van der Waals surface area contributed by atoms with Gasteiger partial charge in [0.25, 0.3) is 5.91 Å². The van der Waals surface area contributed by atoms with Crippen LogP contribution in [0.15, 0.2) is 42.5 Å². The third-order valence-electron chi connectivity index (χ3n) is 6.60. The molecule has 4 aromatic rings. The molecule has 7 nitrogen and oxygen atoms in total. The van der Waals surface area contributed by atoms with Crippen molar-refractivity contribution in [3.8, 4) is 5.69 Å². The molecule has 7 heteroatoms. The maximum absolute atomic E-state index is 13.4. The number of aromatic nitrogens is 5. The van der Waals surface area contributed by atoms with Gasteiger partial charge >= 0.3 is 0 Å². The van der Waals surface area contributed by atoms with Crippen molar-refractivity contribution in [1.82, 2.24) is 29.9 Å². The molecule has 1 aliphatic carbocycles. The van der Waals surface area contributed by atoms with E-state index in [1.165, 1.54) is 0 Å². The molecule has 1 N–H and O–H groups in total. The number of nitrogens with zero attached hydrogens (tertiary/aromatic N) is 5. The topological polar surface area (TPSA) is 79.7 Å². The summed E-state index contributed by atoms with van der Waals surface area (Å²) in [5.41, 5.74) is 6.52. The highest BCUT2D eigenvalue weighted by atomic mass is 16.2. The highest BCUT2D eigenvalue weighted by molar-refractivity contribution is 5.94. The molecule has 0 bridgehead atoms. The summed E-state index contributed by atoms with van der Waals surface area (Å²) in [5, 5.41) is 13.2. The Hall–Kier alpha value is -3.48. The Morgan fingerprint density at radius 3 is 2.84 bits per heavy atom. The first kappa shape index (κ1) is 18.3. The normalized spacial score (nSPS) is 18.1. The Morgan fingerprint density at radius 2 is 1.97 bits per heavy atom. The lowest BCUT2D eigenvalue weighted by molar-refractivity contribution is 0.0726.